The predicted octanol–water partition coefficient (Wildman–Crippen LogP) is 5.82. The summed E-state index contributed by atoms with van der Waals surface area (Å²) in [6.45, 7) is 3.09. The number of aryl methyl sites for hydroxylation is 3. The Morgan fingerprint density at radius 2 is 1.67 bits per heavy atom. The van der Waals surface area contributed by atoms with Crippen molar-refractivity contribution in [2.24, 2.45) is 0 Å². The van der Waals surface area contributed by atoms with Gasteiger partial charge in [0.15, 0.2) is 5.65 Å². The molecule has 3 aromatic heterocycles. The van der Waals surface area contributed by atoms with Crippen molar-refractivity contribution in [1.82, 2.24) is 24.9 Å². The van der Waals surface area contributed by atoms with Crippen molar-refractivity contribution in [2.75, 3.05) is 6.61 Å². The van der Waals surface area contributed by atoms with Crippen LogP contribution in [0.4, 0.5) is 13.2 Å². The Bertz CT molecular complexity index is 1120. The van der Waals surface area contributed by atoms with Crippen LogP contribution in [-0.4, -0.2) is 38.2 Å². The van der Waals surface area contributed by atoms with Crippen LogP contribution in [-0.2, 0) is 4.74 Å². The van der Waals surface area contributed by atoms with Crippen LogP contribution in [0.1, 0.15) is 84.2 Å². The molecule has 1 aliphatic carbocycles. The number of aromatic nitrogens is 5. The summed E-state index contributed by atoms with van der Waals surface area (Å²) < 4.78 is 35.1. The molecule has 0 radical (unpaired) electrons. The Hall–Kier alpha value is -2.68. The Morgan fingerprint density at radius 3 is 2.33 bits per heavy atom. The third-order valence-electron chi connectivity index (χ3n) is 6.42. The molecule has 2 unspecified atom stereocenters. The van der Waals surface area contributed by atoms with Crippen LogP contribution in [0.25, 0.3) is 11.2 Å². The van der Waals surface area contributed by atoms with Gasteiger partial charge >= 0.3 is 6.68 Å². The first-order valence-electron chi connectivity index (χ1n) is 11.3. The van der Waals surface area contributed by atoms with Gasteiger partial charge in [-0.25, -0.2) is 19.9 Å². The lowest BCUT2D eigenvalue weighted by molar-refractivity contribution is 0.00385. The summed E-state index contributed by atoms with van der Waals surface area (Å²) in [6.07, 6.45) is 7.39. The van der Waals surface area contributed by atoms with E-state index >= 15 is 0 Å². The number of hydrogen-bond donors (Lipinski definition) is 0. The van der Waals surface area contributed by atoms with E-state index < -0.39 is 6.68 Å². The second-order valence-electron chi connectivity index (χ2n) is 8.72. The molecule has 5 rings (SSSR count). The van der Waals surface area contributed by atoms with Gasteiger partial charge in [-0.3, -0.25) is 4.98 Å². The molecular formula is C24H28F3N5O. The molecule has 2 fully saturated rings. The van der Waals surface area contributed by atoms with Gasteiger partial charge in [0.05, 0.1) is 23.2 Å². The van der Waals surface area contributed by atoms with Crippen LogP contribution in [0.5, 0.6) is 0 Å². The molecule has 0 spiro atoms. The summed E-state index contributed by atoms with van der Waals surface area (Å²) in [5, 5.41) is 0. The molecule has 0 amide bonds. The zero-order chi connectivity index (χ0) is 23.5. The van der Waals surface area contributed by atoms with Crippen molar-refractivity contribution in [3.05, 3.63) is 52.5 Å². The van der Waals surface area contributed by atoms with E-state index in [-0.39, 0.29) is 12.0 Å². The number of rotatable bonds is 3. The maximum Gasteiger partial charge on any atom is 0.379 e. The summed E-state index contributed by atoms with van der Waals surface area (Å²) in [5.74, 6) is 1.68. The van der Waals surface area contributed by atoms with Gasteiger partial charge in [-0.15, -0.1) is 0 Å². The first kappa shape index (κ1) is 23.5. The second-order valence-corrected chi connectivity index (χ2v) is 8.72. The molecule has 2 aliphatic rings. The number of alkyl halides is 3. The van der Waals surface area contributed by atoms with Crippen LogP contribution >= 0.6 is 0 Å². The Morgan fingerprint density at radius 1 is 0.939 bits per heavy atom. The van der Waals surface area contributed by atoms with Gasteiger partial charge in [0.25, 0.3) is 0 Å². The molecule has 1 aliphatic heterocycles. The molecule has 0 N–H and O–H groups in total. The van der Waals surface area contributed by atoms with E-state index in [2.05, 4.69) is 17.1 Å². The van der Waals surface area contributed by atoms with Gasteiger partial charge in [-0.05, 0) is 64.2 Å². The number of hydrogen-bond acceptors (Lipinski definition) is 6. The molecule has 0 aromatic carbocycles. The quantitative estimate of drug-likeness (QED) is 0.491. The zero-order valence-corrected chi connectivity index (χ0v) is 19.1. The molecule has 4 heterocycles. The highest BCUT2D eigenvalue weighted by Crippen LogP contribution is 2.40. The minimum Gasteiger partial charge on any atom is -0.373 e. The van der Waals surface area contributed by atoms with Crippen LogP contribution in [0.2, 0.25) is 0 Å². The van der Waals surface area contributed by atoms with E-state index in [1.165, 1.54) is 24.8 Å². The van der Waals surface area contributed by atoms with Crippen LogP contribution in [0.3, 0.4) is 0 Å². The molecule has 9 heteroatoms. The maximum absolute atomic E-state index is 9.67. The minimum absolute atomic E-state index is 0.0627. The van der Waals surface area contributed by atoms with Gasteiger partial charge in [0, 0.05) is 30.3 Å². The van der Waals surface area contributed by atoms with Crippen LogP contribution in [0, 0.1) is 20.8 Å². The van der Waals surface area contributed by atoms with Gasteiger partial charge in [-0.2, -0.15) is 13.2 Å². The fraction of sp³-hybridized carbons (Fsp3) is 0.542. The van der Waals surface area contributed by atoms with E-state index in [9.17, 15) is 13.2 Å². The summed E-state index contributed by atoms with van der Waals surface area (Å²) in [5.41, 5.74) is 6.87. The lowest BCUT2D eigenvalue weighted by atomic mass is 9.82. The molecular weight excluding hydrogens is 431 g/mol. The molecule has 2 atom stereocenters. The topological polar surface area (TPSA) is 73.7 Å². The number of ether oxygens (including phenoxy) is 1. The fourth-order valence-corrected chi connectivity index (χ4v) is 4.33. The normalized spacial score (nSPS) is 20.9. The van der Waals surface area contributed by atoms with Gasteiger partial charge in [0.2, 0.25) is 0 Å². The van der Waals surface area contributed by atoms with E-state index in [0.29, 0.717) is 5.92 Å². The van der Waals surface area contributed by atoms with Crippen molar-refractivity contribution in [2.45, 2.75) is 77.5 Å². The minimum atomic E-state index is -3.67. The van der Waals surface area contributed by atoms with Crippen molar-refractivity contribution in [3.63, 3.8) is 0 Å². The van der Waals surface area contributed by atoms with Gasteiger partial charge < -0.3 is 4.74 Å². The number of fused-ring (bicyclic) bond motifs is 1. The van der Waals surface area contributed by atoms with E-state index in [4.69, 9.17) is 24.7 Å². The third kappa shape index (κ3) is 5.46. The summed E-state index contributed by atoms with van der Waals surface area (Å²) in [4.78, 5) is 23.9. The average molecular weight is 460 g/mol. The zero-order valence-electron chi connectivity index (χ0n) is 19.1. The second kappa shape index (κ2) is 10.1. The van der Waals surface area contributed by atoms with Crippen molar-refractivity contribution >= 4 is 11.2 Å². The van der Waals surface area contributed by atoms with Crippen LogP contribution < -0.4 is 0 Å². The van der Waals surface area contributed by atoms with Crippen molar-refractivity contribution in [1.29, 1.82) is 0 Å². The van der Waals surface area contributed by atoms with Crippen molar-refractivity contribution in [3.8, 4) is 0 Å². The first-order valence-corrected chi connectivity index (χ1v) is 11.3. The Labute approximate surface area is 191 Å². The largest absolute Gasteiger partial charge is 0.379 e. The lowest BCUT2D eigenvalue weighted by Gasteiger charge is -2.30. The molecule has 0 bridgehead atoms. The summed E-state index contributed by atoms with van der Waals surface area (Å²) >= 11 is 0. The molecule has 3 aromatic rings. The number of nitrogens with zero attached hydrogens (tertiary/aromatic N) is 5. The van der Waals surface area contributed by atoms with E-state index in [1.54, 1.807) is 0 Å². The van der Waals surface area contributed by atoms with Gasteiger partial charge in [-0.1, -0.05) is 6.42 Å². The van der Waals surface area contributed by atoms with Crippen LogP contribution in [0.15, 0.2) is 18.3 Å². The number of pyridine rings is 1. The molecule has 1 saturated carbocycles. The highest BCUT2D eigenvalue weighted by Gasteiger charge is 2.31. The molecule has 33 heavy (non-hydrogen) atoms. The standard InChI is InChI=1S/C23H27N5O.CHF3/c1-13-11-17(7-9-24-13)19-12-18(8-10-29-19)22-27-20(16-5-4-6-16)21-23(28-22)26-15(3)14(2)25-21;2-1(3)4/h7,9,11,16,18-19H,4-6,8,10,12H2,1-3H3;1H. The molecule has 1 saturated heterocycles. The van der Waals surface area contributed by atoms with Gasteiger partial charge in [0.1, 0.15) is 11.3 Å². The van der Waals surface area contributed by atoms with Crippen molar-refractivity contribution < 1.29 is 17.9 Å². The first-order chi connectivity index (χ1) is 15.8. The van der Waals surface area contributed by atoms with E-state index in [1.807, 2.05) is 27.0 Å². The van der Waals surface area contributed by atoms with E-state index in [0.717, 1.165) is 59.2 Å². The highest BCUT2D eigenvalue weighted by molar-refractivity contribution is 5.73. The molecule has 6 nitrogen and oxygen atoms in total. The highest BCUT2D eigenvalue weighted by atomic mass is 19.4. The SMILES string of the molecule is Cc1cc(C2CC(c3nc(C4CCC4)c4nc(C)c(C)nc4n3)CCO2)ccn1.FC(F)F. The lowest BCUT2D eigenvalue weighted by Crippen LogP contribution is -2.22. The molecule has 176 valence electrons. The third-order valence-corrected chi connectivity index (χ3v) is 6.42. The number of halogens is 3. The Balaban J connectivity index is 0.000000601. The average Bonchev–Trinajstić information content (AvgIpc) is 2.73. The smallest absolute Gasteiger partial charge is 0.373 e. The summed E-state index contributed by atoms with van der Waals surface area (Å²) in [7, 11) is 0. The predicted molar refractivity (Wildman–Crippen MR) is 118 cm³/mol. The summed E-state index contributed by atoms with van der Waals surface area (Å²) in [6, 6.07) is 4.17. The Kier molecular flexibility index (Phi) is 7.17. The maximum atomic E-state index is 9.67. The fourth-order valence-electron chi connectivity index (χ4n) is 4.33. The monoisotopic (exact) mass is 459 g/mol.